The Labute approximate surface area is 125 Å². The molecule has 0 aromatic carbocycles. The molecule has 0 aromatic rings. The van der Waals surface area contributed by atoms with Gasteiger partial charge in [0.25, 0.3) is 16.8 Å². The Morgan fingerprint density at radius 1 is 1.26 bits per heavy atom. The van der Waals surface area contributed by atoms with Gasteiger partial charge >= 0.3 is 0 Å². The molecule has 8 heteroatoms. The minimum Gasteiger partial charge on any atom is -0.487 e. The molecule has 114 valence electrons. The average Bonchev–Trinajstić information content (AvgIpc) is 2.24. The summed E-state index contributed by atoms with van der Waals surface area (Å²) in [5.74, 6) is 0. The van der Waals surface area contributed by atoms with Crippen molar-refractivity contribution in [1.29, 1.82) is 0 Å². The van der Waals surface area contributed by atoms with Crippen molar-refractivity contribution in [3.8, 4) is 0 Å². The minimum absolute atomic E-state index is 0.496. The van der Waals surface area contributed by atoms with E-state index in [9.17, 15) is 4.79 Å². The molecule has 0 saturated heterocycles. The highest BCUT2D eigenvalue weighted by Gasteiger charge is 1.82. The van der Waals surface area contributed by atoms with Gasteiger partial charge in [-0.3, -0.25) is 4.79 Å². The Morgan fingerprint density at radius 3 is 1.79 bits per heavy atom. The summed E-state index contributed by atoms with van der Waals surface area (Å²) in [7, 11) is 0. The van der Waals surface area contributed by atoms with E-state index in [2.05, 4.69) is 54.1 Å². The van der Waals surface area contributed by atoms with E-state index in [1.54, 1.807) is 6.08 Å². The molecule has 0 bridgehead atoms. The highest BCUT2D eigenvalue weighted by molar-refractivity contribution is 7.80. The van der Waals surface area contributed by atoms with Crippen LogP contribution in [0.15, 0.2) is 12.7 Å². The fourth-order valence-corrected chi connectivity index (χ4v) is 0.484. The third-order valence-corrected chi connectivity index (χ3v) is 0.934. The summed E-state index contributed by atoms with van der Waals surface area (Å²) in [4.78, 5) is 9.55. The lowest BCUT2D eigenvalue weighted by Crippen LogP contribution is -2.03. The monoisotopic (exact) mass is 312 g/mol. The topological polar surface area (TPSA) is 119 Å². The van der Waals surface area contributed by atoms with Crippen LogP contribution < -0.4 is 11.5 Å². The maximum absolute atomic E-state index is 9.55. The van der Waals surface area contributed by atoms with E-state index in [-0.39, 0.29) is 0 Å². The first-order valence-corrected chi connectivity index (χ1v) is 6.20. The van der Waals surface area contributed by atoms with Crippen molar-refractivity contribution in [1.82, 2.24) is 0 Å². The first-order valence-electron chi connectivity index (χ1n) is 5.39. The first kappa shape index (κ1) is 26.2. The van der Waals surface area contributed by atoms with Crippen LogP contribution in [0.3, 0.4) is 0 Å². The van der Waals surface area contributed by atoms with Crippen molar-refractivity contribution in [2.75, 3.05) is 6.61 Å². The lowest BCUT2D eigenvalue weighted by atomic mass is 10.3. The molecule has 19 heavy (non-hydrogen) atoms. The van der Waals surface area contributed by atoms with Crippen LogP contribution in [0.1, 0.15) is 33.1 Å². The molecule has 0 amide bonds. The van der Waals surface area contributed by atoms with Gasteiger partial charge in [-0.1, -0.05) is 25.8 Å². The van der Waals surface area contributed by atoms with Gasteiger partial charge in [-0.05, 0) is 37.8 Å². The van der Waals surface area contributed by atoms with Crippen LogP contribution in [0.25, 0.3) is 0 Å². The number of thiocarbonyl (C=S) groups is 2. The normalized spacial score (nSPS) is 6.84. The molecular formula is C11H24N2O4S2. The van der Waals surface area contributed by atoms with Crippen LogP contribution in [-0.2, 0) is 9.53 Å². The van der Waals surface area contributed by atoms with Gasteiger partial charge in [0.15, 0.2) is 0 Å². The van der Waals surface area contributed by atoms with Gasteiger partial charge in [0.2, 0.25) is 0 Å². The molecule has 0 saturated carbocycles. The summed E-state index contributed by atoms with van der Waals surface area (Å²) in [6.07, 6.45) is 5.06. The minimum atomic E-state index is -0.500. The lowest BCUT2D eigenvalue weighted by Gasteiger charge is -1.93. The number of hydrogen-bond acceptors (Lipinski definition) is 4. The van der Waals surface area contributed by atoms with Gasteiger partial charge < -0.3 is 26.4 Å². The summed E-state index contributed by atoms with van der Waals surface area (Å²) < 4.78 is 4.46. The van der Waals surface area contributed by atoms with E-state index in [4.69, 9.17) is 10.2 Å². The van der Waals surface area contributed by atoms with Crippen LogP contribution >= 0.6 is 24.4 Å². The van der Waals surface area contributed by atoms with Crippen LogP contribution in [0.4, 0.5) is 0 Å². The Morgan fingerprint density at radius 2 is 1.58 bits per heavy atom. The van der Waals surface area contributed by atoms with Crippen LogP contribution in [0.2, 0.25) is 0 Å². The molecule has 0 rings (SSSR count). The second-order valence-corrected chi connectivity index (χ2v) is 3.60. The number of ether oxygens (including phenoxy) is 1. The largest absolute Gasteiger partial charge is 0.487 e. The number of nitrogens with two attached hydrogens (primary N) is 2. The number of unbranched alkanes of at least 4 members (excludes halogenated alkanes) is 2. The predicted octanol–water partition coefficient (Wildman–Crippen LogP) is 2.12. The quantitative estimate of drug-likeness (QED) is 0.264. The molecule has 0 aromatic heterocycles. The summed E-state index contributed by atoms with van der Waals surface area (Å²) in [5, 5.41) is 14.1. The second-order valence-electron chi connectivity index (χ2n) is 2.76. The lowest BCUT2D eigenvalue weighted by molar-refractivity contribution is -0.128. The van der Waals surface area contributed by atoms with Crippen LogP contribution in [0.5, 0.6) is 0 Å². The van der Waals surface area contributed by atoms with Gasteiger partial charge in [-0.2, -0.15) is 0 Å². The number of allylic oxidation sites excluding steroid dienone is 1. The molecule has 0 atom stereocenters. The Balaban J connectivity index is -0.0000000871. The Hall–Kier alpha value is -1.41. The average molecular weight is 312 g/mol. The van der Waals surface area contributed by atoms with E-state index in [1.165, 1.54) is 6.42 Å². The molecular weight excluding hydrogens is 288 g/mol. The number of carbonyl (C=O) groups excluding carboxylic acids is 1. The first-order chi connectivity index (χ1) is 8.79. The van der Waals surface area contributed by atoms with E-state index in [0.717, 1.165) is 12.8 Å². The zero-order valence-electron chi connectivity index (χ0n) is 11.4. The molecule has 6 nitrogen and oxygen atoms in total. The molecule has 6 N–H and O–H groups in total. The number of aliphatic hydroxyl groups excluding tert-OH is 2. The fraction of sp³-hybridized carbons (Fsp3) is 0.545. The molecule has 0 aliphatic heterocycles. The highest BCUT2D eigenvalue weighted by atomic mass is 32.1. The van der Waals surface area contributed by atoms with Gasteiger partial charge in [0.1, 0.15) is 0 Å². The maximum atomic E-state index is 9.55. The second kappa shape index (κ2) is 30.0. The molecule has 0 radical (unpaired) electrons. The van der Waals surface area contributed by atoms with Crippen molar-refractivity contribution in [3.05, 3.63) is 12.7 Å². The van der Waals surface area contributed by atoms with E-state index >= 15 is 0 Å². The third-order valence-electron chi connectivity index (χ3n) is 0.934. The number of hydrogen-bond donors (Lipinski definition) is 4. The van der Waals surface area contributed by atoms with Crippen molar-refractivity contribution in [3.63, 3.8) is 0 Å². The smallest absolute Gasteiger partial charge is 0.293 e. The van der Waals surface area contributed by atoms with Gasteiger partial charge in [-0.15, -0.1) is 6.58 Å². The van der Waals surface area contributed by atoms with E-state index in [0.29, 0.717) is 13.1 Å². The summed E-state index contributed by atoms with van der Waals surface area (Å²) in [6.45, 7) is 8.44. The Bertz CT molecular complexity index is 207. The van der Waals surface area contributed by atoms with Crippen molar-refractivity contribution < 1.29 is 19.7 Å². The number of rotatable bonds is 5. The highest BCUT2D eigenvalue weighted by Crippen LogP contribution is 1.91. The zero-order chi connectivity index (χ0) is 16.1. The molecule has 0 spiro atoms. The molecule has 0 heterocycles. The molecule has 0 unspecified atom stereocenters. The molecule has 0 aliphatic rings. The Kier molecular flexibility index (Phi) is 41.4. The predicted molar refractivity (Wildman–Crippen MR) is 86.2 cm³/mol. The van der Waals surface area contributed by atoms with Crippen LogP contribution in [-0.4, -0.2) is 33.6 Å². The van der Waals surface area contributed by atoms with Gasteiger partial charge in [0.05, 0.1) is 6.61 Å². The number of carbonyl (C=O) groups is 1. The third kappa shape index (κ3) is 274. The number of aliphatic hydroxyl groups is 2. The zero-order valence-corrected chi connectivity index (χ0v) is 13.0. The van der Waals surface area contributed by atoms with Crippen molar-refractivity contribution >= 4 is 41.3 Å². The molecule has 0 fully saturated rings. The molecule has 0 aliphatic carbocycles. The summed E-state index contributed by atoms with van der Waals surface area (Å²) in [6, 6.07) is 0. The van der Waals surface area contributed by atoms with Crippen molar-refractivity contribution in [2.45, 2.75) is 33.1 Å². The standard InChI is InChI=1S/C6H12O2.C3H6.2CH3NOS/c1-2-3-4-5-8-6-7;1-3-2;2*2-1(3)4/h6H,2-5H2,1H3;3H,1H2,2H3;2*(H3,2,3,4). The van der Waals surface area contributed by atoms with Crippen LogP contribution in [0, 0.1) is 0 Å². The summed E-state index contributed by atoms with van der Waals surface area (Å²) >= 11 is 7.74. The van der Waals surface area contributed by atoms with E-state index in [1.807, 2.05) is 6.92 Å². The fourth-order valence-electron chi connectivity index (χ4n) is 0.484. The van der Waals surface area contributed by atoms with E-state index < -0.39 is 10.3 Å². The SMILES string of the molecule is C=CC.CCCCCOC=O.NC(O)=S.NC(O)=S. The van der Waals surface area contributed by atoms with Gasteiger partial charge in [0, 0.05) is 0 Å². The summed E-state index contributed by atoms with van der Waals surface area (Å²) in [5.41, 5.74) is 8.80. The maximum Gasteiger partial charge on any atom is 0.293 e. The van der Waals surface area contributed by atoms with Crippen molar-refractivity contribution in [2.24, 2.45) is 11.5 Å². The van der Waals surface area contributed by atoms with Gasteiger partial charge in [-0.25, -0.2) is 0 Å².